The zero-order valence-corrected chi connectivity index (χ0v) is 20.0. The number of aromatic nitrogens is 3. The summed E-state index contributed by atoms with van der Waals surface area (Å²) >= 11 is 3.37. The van der Waals surface area contributed by atoms with Gasteiger partial charge in [0.05, 0.1) is 12.3 Å². The largest absolute Gasteiger partial charge is 0.460 e. The molecule has 34 heavy (non-hydrogen) atoms. The van der Waals surface area contributed by atoms with E-state index >= 15 is 0 Å². The van der Waals surface area contributed by atoms with Gasteiger partial charge in [-0.1, -0.05) is 34.1 Å². The molecule has 0 fully saturated rings. The van der Waals surface area contributed by atoms with E-state index in [4.69, 9.17) is 9.47 Å². The highest BCUT2D eigenvalue weighted by Gasteiger charge is 2.16. The summed E-state index contributed by atoms with van der Waals surface area (Å²) < 4.78 is 27.2. The van der Waals surface area contributed by atoms with Crippen LogP contribution >= 0.6 is 15.9 Å². The number of ether oxygens (including phenoxy) is 2. The lowest BCUT2D eigenvalue weighted by atomic mass is 10.2. The van der Waals surface area contributed by atoms with Crippen molar-refractivity contribution in [3.63, 3.8) is 0 Å². The minimum atomic E-state index is -0.378. The van der Waals surface area contributed by atoms with Crippen LogP contribution in [0.15, 0.2) is 77.3 Å². The van der Waals surface area contributed by atoms with Gasteiger partial charge >= 0.3 is 6.01 Å². The highest BCUT2D eigenvalue weighted by atomic mass is 79.9. The molecule has 1 aromatic heterocycles. The zero-order valence-electron chi connectivity index (χ0n) is 18.4. The average Bonchev–Trinajstić information content (AvgIpc) is 3.26. The van der Waals surface area contributed by atoms with Gasteiger partial charge in [-0.15, -0.1) is 5.10 Å². The molecule has 1 amide bonds. The van der Waals surface area contributed by atoms with Crippen LogP contribution < -0.4 is 10.1 Å². The van der Waals surface area contributed by atoms with Crippen molar-refractivity contribution < 1.29 is 18.7 Å². The second-order valence-corrected chi connectivity index (χ2v) is 8.11. The molecular formula is C25H22BrFN4O3. The Bertz CT molecular complexity index is 1280. The Morgan fingerprint density at radius 2 is 1.85 bits per heavy atom. The van der Waals surface area contributed by atoms with Gasteiger partial charge in [0.2, 0.25) is 0 Å². The van der Waals surface area contributed by atoms with Crippen molar-refractivity contribution in [2.24, 2.45) is 0 Å². The summed E-state index contributed by atoms with van der Waals surface area (Å²) in [5.74, 6) is -0.173. The van der Waals surface area contributed by atoms with Gasteiger partial charge < -0.3 is 14.8 Å². The predicted octanol–water partition coefficient (Wildman–Crippen LogP) is 5.50. The van der Waals surface area contributed by atoms with E-state index in [9.17, 15) is 9.18 Å². The Hall–Kier alpha value is -3.56. The first-order valence-corrected chi connectivity index (χ1v) is 11.4. The molecule has 174 valence electrons. The molecular weight excluding hydrogens is 503 g/mol. The number of nitrogens with zero attached hydrogens (tertiary/aromatic N) is 3. The van der Waals surface area contributed by atoms with Gasteiger partial charge in [0.25, 0.3) is 5.91 Å². The van der Waals surface area contributed by atoms with Crippen molar-refractivity contribution in [2.45, 2.75) is 6.92 Å². The molecule has 3 aromatic carbocycles. The minimum absolute atomic E-state index is 0.158. The van der Waals surface area contributed by atoms with E-state index in [-0.39, 0.29) is 17.7 Å². The van der Waals surface area contributed by atoms with Crippen LogP contribution in [0.4, 0.5) is 10.1 Å². The van der Waals surface area contributed by atoms with Crippen molar-refractivity contribution in [1.29, 1.82) is 0 Å². The van der Waals surface area contributed by atoms with E-state index in [2.05, 4.69) is 31.3 Å². The van der Waals surface area contributed by atoms with Crippen LogP contribution in [0, 0.1) is 5.82 Å². The molecule has 0 radical (unpaired) electrons. The van der Waals surface area contributed by atoms with Crippen LogP contribution in [0.5, 0.6) is 6.01 Å². The topological polar surface area (TPSA) is 78.3 Å². The Morgan fingerprint density at radius 1 is 1.06 bits per heavy atom. The maximum absolute atomic E-state index is 13.9. The molecule has 0 bridgehead atoms. The SMILES string of the molecule is CCOCCOc1nc(-c2cccc(F)c2)n(-c2ccc(NC(=O)c3cccc(Br)c3)cc2)n1. The van der Waals surface area contributed by atoms with Crippen LogP contribution in [0.2, 0.25) is 0 Å². The number of nitrogens with one attached hydrogen (secondary N) is 1. The maximum atomic E-state index is 13.9. The Kier molecular flexibility index (Phi) is 7.66. The number of hydrogen-bond acceptors (Lipinski definition) is 5. The van der Waals surface area contributed by atoms with Gasteiger partial charge in [0.1, 0.15) is 12.4 Å². The third-order valence-corrected chi connectivity index (χ3v) is 5.28. The number of carbonyl (C=O) groups is 1. The minimum Gasteiger partial charge on any atom is -0.460 e. The van der Waals surface area contributed by atoms with Crippen molar-refractivity contribution >= 4 is 27.5 Å². The number of carbonyl (C=O) groups excluding carboxylic acids is 1. The van der Waals surface area contributed by atoms with E-state index in [1.165, 1.54) is 12.1 Å². The standard InChI is InChI=1S/C25H22BrFN4O3/c1-2-33-13-14-34-25-29-23(17-5-4-8-20(27)16-17)31(30-25)22-11-9-21(10-12-22)28-24(32)18-6-3-7-19(26)15-18/h3-12,15-16H,2,13-14H2,1H3,(H,28,32). The molecule has 4 rings (SSSR count). The number of halogens is 2. The first-order chi connectivity index (χ1) is 16.5. The number of benzene rings is 3. The molecule has 0 aliphatic rings. The third kappa shape index (κ3) is 5.86. The molecule has 0 saturated heterocycles. The van der Waals surface area contributed by atoms with Crippen molar-refractivity contribution in [3.8, 4) is 23.1 Å². The molecule has 0 spiro atoms. The monoisotopic (exact) mass is 524 g/mol. The molecule has 9 heteroatoms. The third-order valence-electron chi connectivity index (χ3n) is 4.79. The Morgan fingerprint density at radius 3 is 2.59 bits per heavy atom. The van der Waals surface area contributed by atoms with Crippen molar-refractivity contribution in [1.82, 2.24) is 14.8 Å². The summed E-state index contributed by atoms with van der Waals surface area (Å²) in [5.41, 5.74) is 2.39. The van der Waals surface area contributed by atoms with Crippen LogP contribution in [0.25, 0.3) is 17.1 Å². The van der Waals surface area contributed by atoms with Crippen LogP contribution in [-0.2, 0) is 4.74 Å². The molecule has 1 N–H and O–H groups in total. The number of amides is 1. The first kappa shape index (κ1) is 23.6. The lowest BCUT2D eigenvalue weighted by Gasteiger charge is -2.09. The van der Waals surface area contributed by atoms with E-state index in [1.54, 1.807) is 59.3 Å². The molecule has 0 aliphatic carbocycles. The van der Waals surface area contributed by atoms with Crippen LogP contribution in [0.3, 0.4) is 0 Å². The fraction of sp³-hybridized carbons (Fsp3) is 0.160. The second-order valence-electron chi connectivity index (χ2n) is 7.20. The summed E-state index contributed by atoms with van der Waals surface area (Å²) in [5, 5.41) is 7.31. The van der Waals surface area contributed by atoms with Crippen molar-refractivity contribution in [3.05, 3.63) is 88.6 Å². The van der Waals surface area contributed by atoms with E-state index in [0.717, 1.165) is 4.47 Å². The van der Waals surface area contributed by atoms with Gasteiger partial charge in [0, 0.05) is 27.9 Å². The van der Waals surface area contributed by atoms with E-state index in [0.29, 0.717) is 48.1 Å². The average molecular weight is 525 g/mol. The molecule has 0 unspecified atom stereocenters. The van der Waals surface area contributed by atoms with Crippen molar-refractivity contribution in [2.75, 3.05) is 25.1 Å². The van der Waals surface area contributed by atoms with E-state index in [1.807, 2.05) is 13.0 Å². The van der Waals surface area contributed by atoms with Crippen LogP contribution in [0.1, 0.15) is 17.3 Å². The summed E-state index contributed by atoms with van der Waals surface area (Å²) in [6.07, 6.45) is 0. The summed E-state index contributed by atoms with van der Waals surface area (Å²) in [7, 11) is 0. The molecule has 0 saturated carbocycles. The smallest absolute Gasteiger partial charge is 0.336 e. The lowest BCUT2D eigenvalue weighted by molar-refractivity contribution is 0.102. The summed E-state index contributed by atoms with van der Waals surface area (Å²) in [4.78, 5) is 17.0. The van der Waals surface area contributed by atoms with Gasteiger partial charge in [-0.05, 0) is 61.5 Å². The van der Waals surface area contributed by atoms with Gasteiger partial charge in [-0.3, -0.25) is 4.79 Å². The maximum Gasteiger partial charge on any atom is 0.336 e. The van der Waals surface area contributed by atoms with Gasteiger partial charge in [-0.2, -0.15) is 4.98 Å². The highest BCUT2D eigenvalue weighted by Crippen LogP contribution is 2.25. The Labute approximate surface area is 204 Å². The molecule has 4 aromatic rings. The molecule has 0 aliphatic heterocycles. The second kappa shape index (κ2) is 11.0. The Balaban J connectivity index is 1.58. The predicted molar refractivity (Wildman–Crippen MR) is 131 cm³/mol. The molecule has 0 atom stereocenters. The zero-order chi connectivity index (χ0) is 23.9. The lowest BCUT2D eigenvalue weighted by Crippen LogP contribution is -2.11. The van der Waals surface area contributed by atoms with Gasteiger partial charge in [0.15, 0.2) is 5.82 Å². The highest BCUT2D eigenvalue weighted by molar-refractivity contribution is 9.10. The normalized spacial score (nSPS) is 10.8. The van der Waals surface area contributed by atoms with E-state index < -0.39 is 0 Å². The first-order valence-electron chi connectivity index (χ1n) is 10.6. The van der Waals surface area contributed by atoms with Crippen LogP contribution in [-0.4, -0.2) is 40.5 Å². The number of hydrogen-bond donors (Lipinski definition) is 1. The number of rotatable bonds is 9. The fourth-order valence-corrected chi connectivity index (χ4v) is 3.60. The quantitative estimate of drug-likeness (QED) is 0.292. The molecule has 7 nitrogen and oxygen atoms in total. The number of anilines is 1. The summed E-state index contributed by atoms with van der Waals surface area (Å²) in [6, 6.07) is 20.5. The fourth-order valence-electron chi connectivity index (χ4n) is 3.20. The van der Waals surface area contributed by atoms with Gasteiger partial charge in [-0.25, -0.2) is 9.07 Å². The molecule has 1 heterocycles. The summed E-state index contributed by atoms with van der Waals surface area (Å²) in [6.45, 7) is 3.19.